The van der Waals surface area contributed by atoms with Crippen LogP contribution in [0.3, 0.4) is 0 Å². The van der Waals surface area contributed by atoms with Gasteiger partial charge in [0, 0.05) is 13.0 Å². The van der Waals surface area contributed by atoms with Crippen LogP contribution in [-0.2, 0) is 14.3 Å². The number of carbonyl (C=O) groups excluding carboxylic acids is 1. The van der Waals surface area contributed by atoms with Crippen LogP contribution in [0, 0.1) is 5.92 Å². The first-order valence-electron chi connectivity index (χ1n) is 6.49. The van der Waals surface area contributed by atoms with Crippen molar-refractivity contribution in [3.63, 3.8) is 0 Å². The van der Waals surface area contributed by atoms with Gasteiger partial charge in [0.15, 0.2) is 6.04 Å². The molecule has 1 atom stereocenters. The Balaban J connectivity index is 1.91. The summed E-state index contributed by atoms with van der Waals surface area (Å²) in [6, 6.07) is -0.812. The van der Waals surface area contributed by atoms with E-state index < -0.39 is 12.0 Å². The van der Waals surface area contributed by atoms with Crippen molar-refractivity contribution in [1.29, 1.82) is 0 Å². The normalized spacial score (nSPS) is 26.0. The highest BCUT2D eigenvalue weighted by atomic mass is 16.5. The van der Waals surface area contributed by atoms with Gasteiger partial charge >= 0.3 is 5.97 Å². The van der Waals surface area contributed by atoms with E-state index in [1.54, 1.807) is 0 Å². The van der Waals surface area contributed by atoms with Gasteiger partial charge < -0.3 is 20.1 Å². The van der Waals surface area contributed by atoms with Crippen molar-refractivity contribution in [2.24, 2.45) is 5.92 Å². The number of ether oxygens (including phenoxy) is 1. The van der Waals surface area contributed by atoms with Gasteiger partial charge in [0.2, 0.25) is 5.91 Å². The number of hydrogen-bond acceptors (Lipinski definition) is 4. The van der Waals surface area contributed by atoms with E-state index in [2.05, 4.69) is 5.32 Å². The molecule has 102 valence electrons. The number of morpholine rings is 1. The average molecular weight is 256 g/mol. The molecule has 0 radical (unpaired) electrons. The quantitative estimate of drug-likeness (QED) is 0.724. The highest BCUT2D eigenvalue weighted by Gasteiger charge is 2.33. The Kier molecular flexibility index (Phi) is 4.54. The van der Waals surface area contributed by atoms with E-state index in [1.165, 1.54) is 4.90 Å². The zero-order valence-electron chi connectivity index (χ0n) is 10.4. The summed E-state index contributed by atoms with van der Waals surface area (Å²) in [5, 5.41) is 12.3. The van der Waals surface area contributed by atoms with Crippen LogP contribution in [0.5, 0.6) is 0 Å². The lowest BCUT2D eigenvalue weighted by Gasteiger charge is -2.34. The Hall–Kier alpha value is -1.14. The molecule has 2 rings (SSSR count). The lowest BCUT2D eigenvalue weighted by atomic mass is 9.94. The van der Waals surface area contributed by atoms with Crippen molar-refractivity contribution in [2.45, 2.75) is 25.3 Å². The van der Waals surface area contributed by atoms with Crippen molar-refractivity contribution < 1.29 is 19.4 Å². The van der Waals surface area contributed by atoms with Crippen molar-refractivity contribution in [3.05, 3.63) is 0 Å². The van der Waals surface area contributed by atoms with Crippen molar-refractivity contribution in [3.8, 4) is 0 Å². The van der Waals surface area contributed by atoms with Gasteiger partial charge in [-0.2, -0.15) is 0 Å². The molecule has 0 saturated carbocycles. The molecular weight excluding hydrogens is 236 g/mol. The molecular formula is C12H20N2O4. The fraction of sp³-hybridized carbons (Fsp3) is 0.833. The highest BCUT2D eigenvalue weighted by molar-refractivity contribution is 5.84. The van der Waals surface area contributed by atoms with E-state index in [0.717, 1.165) is 25.9 Å². The lowest BCUT2D eigenvalue weighted by Crippen LogP contribution is -2.53. The molecule has 0 aromatic heterocycles. The summed E-state index contributed by atoms with van der Waals surface area (Å²) < 4.78 is 5.13. The smallest absolute Gasteiger partial charge is 0.328 e. The monoisotopic (exact) mass is 256 g/mol. The highest BCUT2D eigenvalue weighted by Crippen LogP contribution is 2.19. The maximum absolute atomic E-state index is 12.2. The van der Waals surface area contributed by atoms with Crippen LogP contribution in [0.2, 0.25) is 0 Å². The molecule has 0 aromatic rings. The summed E-state index contributed by atoms with van der Waals surface area (Å²) in [4.78, 5) is 24.7. The van der Waals surface area contributed by atoms with Crippen LogP contribution in [0.15, 0.2) is 0 Å². The zero-order valence-corrected chi connectivity index (χ0v) is 10.4. The number of amides is 1. The second kappa shape index (κ2) is 6.15. The van der Waals surface area contributed by atoms with Gasteiger partial charge in [-0.1, -0.05) is 0 Å². The molecule has 0 spiro atoms. The van der Waals surface area contributed by atoms with E-state index in [9.17, 15) is 9.59 Å². The fourth-order valence-electron chi connectivity index (χ4n) is 2.56. The van der Waals surface area contributed by atoms with Gasteiger partial charge in [0.25, 0.3) is 0 Å². The van der Waals surface area contributed by atoms with E-state index in [1.807, 2.05) is 0 Å². The van der Waals surface area contributed by atoms with E-state index in [0.29, 0.717) is 25.5 Å². The maximum atomic E-state index is 12.2. The molecule has 0 bridgehead atoms. The number of piperidine rings is 1. The Morgan fingerprint density at radius 1 is 1.33 bits per heavy atom. The summed E-state index contributed by atoms with van der Waals surface area (Å²) in [6.07, 6.45) is 2.45. The molecule has 2 heterocycles. The van der Waals surface area contributed by atoms with Crippen molar-refractivity contribution in [2.75, 3.05) is 32.8 Å². The molecule has 1 unspecified atom stereocenters. The van der Waals surface area contributed by atoms with Gasteiger partial charge in [-0.3, -0.25) is 4.79 Å². The van der Waals surface area contributed by atoms with Gasteiger partial charge in [0.1, 0.15) is 0 Å². The molecule has 6 nitrogen and oxygen atoms in total. The molecule has 2 saturated heterocycles. The number of carboxylic acids is 1. The number of aliphatic carboxylic acids is 1. The van der Waals surface area contributed by atoms with Crippen LogP contribution in [-0.4, -0.2) is 60.8 Å². The van der Waals surface area contributed by atoms with Gasteiger partial charge in [-0.25, -0.2) is 4.79 Å². The molecule has 2 aliphatic rings. The first-order chi connectivity index (χ1) is 8.68. The first kappa shape index (κ1) is 13.3. The van der Waals surface area contributed by atoms with E-state index in [4.69, 9.17) is 9.84 Å². The summed E-state index contributed by atoms with van der Waals surface area (Å²) in [5.74, 6) is -0.637. The van der Waals surface area contributed by atoms with Crippen molar-refractivity contribution >= 4 is 11.9 Å². The largest absolute Gasteiger partial charge is 0.480 e. The van der Waals surface area contributed by atoms with Crippen LogP contribution in [0.25, 0.3) is 0 Å². The second-order valence-electron chi connectivity index (χ2n) is 4.91. The van der Waals surface area contributed by atoms with Gasteiger partial charge in [-0.15, -0.1) is 0 Å². The summed E-state index contributed by atoms with van der Waals surface area (Å²) in [5.41, 5.74) is 0. The molecule has 2 N–H and O–H groups in total. The molecule has 2 fully saturated rings. The van der Waals surface area contributed by atoms with E-state index >= 15 is 0 Å². The Morgan fingerprint density at radius 2 is 2.06 bits per heavy atom. The van der Waals surface area contributed by atoms with Crippen molar-refractivity contribution in [1.82, 2.24) is 10.2 Å². The number of nitrogens with one attached hydrogen (secondary N) is 1. The van der Waals surface area contributed by atoms with Crippen LogP contribution in [0.4, 0.5) is 0 Å². The summed E-state index contributed by atoms with van der Waals surface area (Å²) in [6.45, 7) is 2.82. The zero-order chi connectivity index (χ0) is 13.0. The van der Waals surface area contributed by atoms with Gasteiger partial charge in [0.05, 0.1) is 13.2 Å². The standard InChI is InChI=1S/C12H20N2O4/c15-11(7-9-1-3-13-4-2-9)14-5-6-18-8-10(14)12(16)17/h9-10,13H,1-8H2,(H,16,17). The molecule has 18 heavy (non-hydrogen) atoms. The Bertz CT molecular complexity index is 315. The molecule has 1 amide bonds. The summed E-state index contributed by atoms with van der Waals surface area (Å²) in [7, 11) is 0. The third-order valence-electron chi connectivity index (χ3n) is 3.66. The van der Waals surface area contributed by atoms with Gasteiger partial charge in [-0.05, 0) is 31.8 Å². The maximum Gasteiger partial charge on any atom is 0.328 e. The number of carboxylic acid groups (broad SMARTS) is 1. The summed E-state index contributed by atoms with van der Waals surface area (Å²) >= 11 is 0. The topological polar surface area (TPSA) is 78.9 Å². The third-order valence-corrected chi connectivity index (χ3v) is 3.66. The fourth-order valence-corrected chi connectivity index (χ4v) is 2.56. The second-order valence-corrected chi connectivity index (χ2v) is 4.91. The van der Waals surface area contributed by atoms with Crippen LogP contribution >= 0.6 is 0 Å². The average Bonchev–Trinajstić information content (AvgIpc) is 2.40. The molecule has 6 heteroatoms. The van der Waals surface area contributed by atoms with E-state index in [-0.39, 0.29) is 12.5 Å². The lowest BCUT2D eigenvalue weighted by molar-refractivity contribution is -0.158. The third kappa shape index (κ3) is 3.20. The number of carbonyl (C=O) groups is 2. The Morgan fingerprint density at radius 3 is 2.72 bits per heavy atom. The Labute approximate surface area is 106 Å². The molecule has 0 aliphatic carbocycles. The number of hydrogen-bond donors (Lipinski definition) is 2. The van der Waals surface area contributed by atoms with Crippen LogP contribution < -0.4 is 5.32 Å². The minimum Gasteiger partial charge on any atom is -0.480 e. The SMILES string of the molecule is O=C(O)C1COCCN1C(=O)CC1CCNCC1. The number of rotatable bonds is 3. The predicted molar refractivity (Wildman–Crippen MR) is 64.2 cm³/mol. The van der Waals surface area contributed by atoms with Crippen LogP contribution in [0.1, 0.15) is 19.3 Å². The molecule has 0 aromatic carbocycles. The molecule has 2 aliphatic heterocycles. The predicted octanol–water partition coefficient (Wildman–Crippen LogP) is -0.312. The minimum absolute atomic E-state index is 0.0439. The minimum atomic E-state index is -0.978. The first-order valence-corrected chi connectivity index (χ1v) is 6.49. The number of nitrogens with zero attached hydrogens (tertiary/aromatic N) is 1.